The van der Waals surface area contributed by atoms with Crippen molar-refractivity contribution in [3.05, 3.63) is 107 Å². The fourth-order valence-corrected chi connectivity index (χ4v) is 3.94. The Labute approximate surface area is 174 Å². The summed E-state index contributed by atoms with van der Waals surface area (Å²) in [5.74, 6) is 0.212. The first-order chi connectivity index (χ1) is 14.7. The minimum Gasteiger partial charge on any atom is -0.307 e. The lowest BCUT2D eigenvalue weighted by Gasteiger charge is -2.10. The van der Waals surface area contributed by atoms with E-state index in [1.54, 1.807) is 12.2 Å². The Hall–Kier alpha value is -4.11. The van der Waals surface area contributed by atoms with Gasteiger partial charge in [0, 0.05) is 21.9 Å². The lowest BCUT2D eigenvalue weighted by atomic mass is 9.92. The third-order valence-corrected chi connectivity index (χ3v) is 5.23. The molecule has 0 bridgehead atoms. The number of hydrogen-bond donors (Lipinski definition) is 0. The Morgan fingerprint density at radius 2 is 0.833 bits per heavy atom. The van der Waals surface area contributed by atoms with Gasteiger partial charge in [-0.2, -0.15) is 0 Å². The molecule has 3 heteroatoms. The van der Waals surface area contributed by atoms with Gasteiger partial charge in [-0.1, -0.05) is 84.9 Å². The van der Waals surface area contributed by atoms with Crippen LogP contribution in [0.1, 0.15) is 31.8 Å². The average Bonchev–Trinajstić information content (AvgIpc) is 2.81. The van der Waals surface area contributed by atoms with Crippen LogP contribution in [0.4, 0.5) is 0 Å². The molecule has 3 nitrogen and oxygen atoms in total. The molecule has 0 saturated heterocycles. The number of allylic oxidation sites excluding steroid dienone is 2. The van der Waals surface area contributed by atoms with Crippen molar-refractivity contribution in [1.29, 1.82) is 0 Å². The largest absolute Gasteiger partial charge is 0.307 e. The van der Waals surface area contributed by atoms with Crippen LogP contribution < -0.4 is 0 Å². The van der Waals surface area contributed by atoms with Crippen molar-refractivity contribution in [2.45, 2.75) is 0 Å². The first kappa shape index (κ1) is 19.2. The fraction of sp³-hybridized carbons (Fsp3) is 0. The third kappa shape index (κ3) is 3.27. The maximum absolute atomic E-state index is 11.6. The van der Waals surface area contributed by atoms with E-state index in [1.807, 2.05) is 91.7 Å². The third-order valence-electron chi connectivity index (χ3n) is 5.23. The Morgan fingerprint density at radius 3 is 1.23 bits per heavy atom. The highest BCUT2D eigenvalue weighted by Crippen LogP contribution is 2.29. The van der Waals surface area contributed by atoms with Gasteiger partial charge in [0.1, 0.15) is 6.79 Å². The Kier molecular flexibility index (Phi) is 5.19. The van der Waals surface area contributed by atoms with E-state index < -0.39 is 0 Å². The zero-order chi connectivity index (χ0) is 21.1. The highest BCUT2D eigenvalue weighted by atomic mass is 16.1. The Bertz CT molecular complexity index is 1240. The molecule has 0 saturated carbocycles. The van der Waals surface area contributed by atoms with Crippen LogP contribution in [0.2, 0.25) is 0 Å². The highest BCUT2D eigenvalue weighted by Gasteiger charge is 2.14. The predicted molar refractivity (Wildman–Crippen MR) is 122 cm³/mol. The maximum atomic E-state index is 11.6. The second kappa shape index (κ2) is 8.10. The minimum absolute atomic E-state index is 0.106. The first-order valence-corrected chi connectivity index (χ1v) is 9.49. The zero-order valence-corrected chi connectivity index (χ0v) is 16.2. The molecule has 0 unspecified atom stereocenters. The van der Waals surface area contributed by atoms with Gasteiger partial charge in [-0.05, 0) is 34.1 Å². The van der Waals surface area contributed by atoms with Crippen LogP contribution >= 0.6 is 0 Å². The van der Waals surface area contributed by atoms with Gasteiger partial charge in [0.25, 0.3) is 0 Å². The number of carbonyl (C=O) groups excluding carboxylic acids is 3. The topological polar surface area (TPSA) is 51.2 Å². The molecule has 6 rings (SSSR count). The van der Waals surface area contributed by atoms with Crippen LogP contribution in [-0.4, -0.2) is 18.4 Å². The summed E-state index contributed by atoms with van der Waals surface area (Å²) in [5, 5.41) is 4.44. The number of ketones is 2. The van der Waals surface area contributed by atoms with Gasteiger partial charge in [-0.25, -0.2) is 0 Å². The zero-order valence-electron chi connectivity index (χ0n) is 16.2. The lowest BCUT2D eigenvalue weighted by molar-refractivity contribution is -0.0980. The van der Waals surface area contributed by atoms with Crippen molar-refractivity contribution in [1.82, 2.24) is 0 Å². The van der Waals surface area contributed by atoms with E-state index in [0.717, 1.165) is 43.8 Å². The number of carbonyl (C=O) groups is 3. The summed E-state index contributed by atoms with van der Waals surface area (Å²) in [4.78, 5) is 31.2. The van der Waals surface area contributed by atoms with Crippen molar-refractivity contribution in [3.63, 3.8) is 0 Å². The molecule has 2 aliphatic rings. The van der Waals surface area contributed by atoms with Crippen molar-refractivity contribution >= 4 is 52.1 Å². The van der Waals surface area contributed by atoms with Gasteiger partial charge in [-0.3, -0.25) is 9.59 Å². The van der Waals surface area contributed by atoms with E-state index in [0.29, 0.717) is 0 Å². The summed E-state index contributed by atoms with van der Waals surface area (Å²) >= 11 is 0. The molecule has 0 atom stereocenters. The molecule has 0 fully saturated rings. The lowest BCUT2D eigenvalue weighted by Crippen LogP contribution is -2.00. The van der Waals surface area contributed by atoms with Crippen molar-refractivity contribution in [3.8, 4) is 0 Å². The van der Waals surface area contributed by atoms with Crippen molar-refractivity contribution in [2.24, 2.45) is 0 Å². The van der Waals surface area contributed by atoms with Gasteiger partial charge >= 0.3 is 0 Å². The molecule has 0 N–H and O–H groups in total. The van der Waals surface area contributed by atoms with Gasteiger partial charge < -0.3 is 4.79 Å². The summed E-state index contributed by atoms with van der Waals surface area (Å²) in [6.45, 7) is 2.00. The normalized spacial score (nSPS) is 12.8. The van der Waals surface area contributed by atoms with E-state index >= 15 is 0 Å². The second-order valence-electron chi connectivity index (χ2n) is 6.90. The standard InChI is InChI=1S/2C13H8O.CH2O/c2*14-12-8-7-10-4-1-3-9-5-2-6-11(12)13(9)10;1-2/h2*1-8H;1H2. The van der Waals surface area contributed by atoms with Crippen LogP contribution in [0.5, 0.6) is 0 Å². The molecule has 0 spiro atoms. The molecule has 0 amide bonds. The molecule has 30 heavy (non-hydrogen) atoms. The molecule has 0 heterocycles. The molecule has 4 aromatic carbocycles. The Morgan fingerprint density at radius 1 is 0.467 bits per heavy atom. The van der Waals surface area contributed by atoms with Crippen LogP contribution in [0.25, 0.3) is 33.7 Å². The van der Waals surface area contributed by atoms with Gasteiger partial charge in [0.05, 0.1) is 0 Å². The number of rotatable bonds is 0. The van der Waals surface area contributed by atoms with E-state index in [4.69, 9.17) is 4.79 Å². The van der Waals surface area contributed by atoms with Crippen LogP contribution in [0.15, 0.2) is 84.9 Å². The molecule has 144 valence electrons. The molecule has 0 radical (unpaired) electrons. The molecular formula is C27H18O3. The van der Waals surface area contributed by atoms with E-state index in [9.17, 15) is 9.59 Å². The van der Waals surface area contributed by atoms with Crippen LogP contribution in [0, 0.1) is 0 Å². The van der Waals surface area contributed by atoms with Gasteiger partial charge in [-0.15, -0.1) is 0 Å². The highest BCUT2D eigenvalue weighted by molar-refractivity contribution is 6.20. The Balaban J connectivity index is 0.000000134. The fourth-order valence-electron chi connectivity index (χ4n) is 3.94. The monoisotopic (exact) mass is 390 g/mol. The van der Waals surface area contributed by atoms with Crippen molar-refractivity contribution in [2.75, 3.05) is 0 Å². The molecule has 0 aromatic heterocycles. The molecule has 2 aliphatic carbocycles. The molecular weight excluding hydrogens is 372 g/mol. The molecule has 4 aromatic rings. The smallest absolute Gasteiger partial charge is 0.186 e. The SMILES string of the molecule is C=O.O=C1C=Cc2cccc3cccc1c23.O=C1C=Cc2cccc3cccc1c23. The summed E-state index contributed by atoms with van der Waals surface area (Å²) in [7, 11) is 0. The van der Waals surface area contributed by atoms with Crippen LogP contribution in [-0.2, 0) is 4.79 Å². The summed E-state index contributed by atoms with van der Waals surface area (Å²) in [6.07, 6.45) is 7.05. The minimum atomic E-state index is 0.106. The first-order valence-electron chi connectivity index (χ1n) is 9.49. The average molecular weight is 390 g/mol. The quantitative estimate of drug-likeness (QED) is 0.375. The number of benzene rings is 4. The predicted octanol–water partition coefficient (Wildman–Crippen LogP) is 5.91. The van der Waals surface area contributed by atoms with Gasteiger partial charge in [0.15, 0.2) is 11.6 Å². The summed E-state index contributed by atoms with van der Waals surface area (Å²) in [6, 6.07) is 23.9. The van der Waals surface area contributed by atoms with E-state index in [2.05, 4.69) is 0 Å². The summed E-state index contributed by atoms with van der Waals surface area (Å²) < 4.78 is 0. The van der Waals surface area contributed by atoms with E-state index in [-0.39, 0.29) is 11.6 Å². The number of hydrogen-bond acceptors (Lipinski definition) is 3. The molecule has 0 aliphatic heterocycles. The second-order valence-corrected chi connectivity index (χ2v) is 6.90. The van der Waals surface area contributed by atoms with Crippen molar-refractivity contribution < 1.29 is 14.4 Å². The van der Waals surface area contributed by atoms with E-state index in [1.165, 1.54) is 0 Å². The van der Waals surface area contributed by atoms with Gasteiger partial charge in [0.2, 0.25) is 0 Å². The maximum Gasteiger partial charge on any atom is 0.186 e. The summed E-state index contributed by atoms with van der Waals surface area (Å²) in [5.41, 5.74) is 3.91. The van der Waals surface area contributed by atoms with Crippen LogP contribution in [0.3, 0.4) is 0 Å².